The number of hydrogen-bond donors (Lipinski definition) is 1. The average Bonchev–Trinajstić information content (AvgIpc) is 2.59. The third-order valence-electron chi connectivity index (χ3n) is 5.15. The number of hydrogen-bond acceptors (Lipinski definition) is 7. The Kier molecular flexibility index (Phi) is 7.27. The monoisotopic (exact) mass is 427 g/mol. The van der Waals surface area contributed by atoms with Crippen molar-refractivity contribution in [2.75, 3.05) is 32.8 Å². The van der Waals surface area contributed by atoms with Gasteiger partial charge in [0.25, 0.3) is 0 Å². The topological polar surface area (TPSA) is 97.4 Å². The second-order valence-electron chi connectivity index (χ2n) is 9.97. The lowest BCUT2D eigenvalue weighted by molar-refractivity contribution is -0.148. The zero-order valence-electron chi connectivity index (χ0n) is 19.4. The maximum Gasteiger partial charge on any atom is 0.410 e. The molecule has 0 saturated carbocycles. The summed E-state index contributed by atoms with van der Waals surface area (Å²) in [5, 5.41) is 3.24. The van der Waals surface area contributed by atoms with Crippen LogP contribution in [0.3, 0.4) is 0 Å². The fourth-order valence-corrected chi connectivity index (χ4v) is 3.71. The molecule has 0 unspecified atom stereocenters. The van der Waals surface area contributed by atoms with Crippen LogP contribution >= 0.6 is 0 Å². The van der Waals surface area contributed by atoms with E-state index in [-0.39, 0.29) is 25.2 Å². The molecule has 2 amide bonds. The largest absolute Gasteiger partial charge is 0.465 e. The summed E-state index contributed by atoms with van der Waals surface area (Å²) in [5.41, 5.74) is -1.75. The molecule has 0 aromatic heterocycles. The molecule has 2 fully saturated rings. The van der Waals surface area contributed by atoms with E-state index in [1.165, 1.54) is 0 Å². The highest BCUT2D eigenvalue weighted by Crippen LogP contribution is 2.33. The molecule has 2 heterocycles. The first-order valence-electron chi connectivity index (χ1n) is 10.6. The molecule has 1 atom stereocenters. The van der Waals surface area contributed by atoms with E-state index in [1.807, 2.05) is 41.5 Å². The molecule has 172 valence electrons. The van der Waals surface area contributed by atoms with Crippen LogP contribution in [0.25, 0.3) is 0 Å². The number of likely N-dealkylation sites (tertiary alicyclic amines) is 1. The third-order valence-corrected chi connectivity index (χ3v) is 5.15. The summed E-state index contributed by atoms with van der Waals surface area (Å²) in [5.74, 6) is -0.382. The fraction of sp³-hybridized carbons (Fsp3) is 0.857. The molecule has 2 rings (SSSR count). The van der Waals surface area contributed by atoms with Crippen LogP contribution in [-0.4, -0.2) is 83.5 Å². The molecule has 2 aliphatic rings. The average molecular weight is 428 g/mol. The minimum atomic E-state index is -0.653. The Labute approximate surface area is 179 Å². The van der Waals surface area contributed by atoms with Crippen molar-refractivity contribution in [1.82, 2.24) is 15.1 Å². The van der Waals surface area contributed by atoms with Gasteiger partial charge in [0.2, 0.25) is 0 Å². The minimum Gasteiger partial charge on any atom is -0.465 e. The highest BCUT2D eigenvalue weighted by atomic mass is 16.6. The van der Waals surface area contributed by atoms with E-state index < -0.39 is 28.9 Å². The zero-order valence-corrected chi connectivity index (χ0v) is 19.4. The standard InChI is InChI=1S/C21H37N3O6/c1-8-28-16(25)15-13-24(18(27)30-20(5,6)7)21(14-22-15)9-11-23(12-10-21)17(26)29-19(2,3)4/h15,22H,8-14H2,1-7H3/t15-/m1/s1. The van der Waals surface area contributed by atoms with Gasteiger partial charge >= 0.3 is 18.2 Å². The number of amides is 2. The lowest BCUT2D eigenvalue weighted by Gasteiger charge is -2.52. The van der Waals surface area contributed by atoms with Crippen LogP contribution < -0.4 is 5.32 Å². The van der Waals surface area contributed by atoms with Crippen molar-refractivity contribution in [2.24, 2.45) is 0 Å². The summed E-state index contributed by atoms with van der Waals surface area (Å²) in [4.78, 5) is 41.0. The predicted molar refractivity (Wildman–Crippen MR) is 111 cm³/mol. The Morgan fingerprint density at radius 3 is 2.00 bits per heavy atom. The van der Waals surface area contributed by atoms with Crippen molar-refractivity contribution in [3.8, 4) is 0 Å². The van der Waals surface area contributed by atoms with Crippen LogP contribution in [0.1, 0.15) is 61.3 Å². The molecule has 0 aliphatic carbocycles. The number of nitrogens with zero attached hydrogens (tertiary/aromatic N) is 2. The van der Waals surface area contributed by atoms with Gasteiger partial charge in [-0.05, 0) is 61.3 Å². The van der Waals surface area contributed by atoms with E-state index in [0.29, 0.717) is 32.5 Å². The summed E-state index contributed by atoms with van der Waals surface area (Å²) in [7, 11) is 0. The number of piperazine rings is 1. The summed E-state index contributed by atoms with van der Waals surface area (Å²) in [6, 6.07) is -0.605. The van der Waals surface area contributed by atoms with Gasteiger partial charge in [-0.3, -0.25) is 9.69 Å². The van der Waals surface area contributed by atoms with Crippen LogP contribution in [0.2, 0.25) is 0 Å². The van der Waals surface area contributed by atoms with Crippen LogP contribution in [0.5, 0.6) is 0 Å². The molecule has 1 spiro atoms. The van der Waals surface area contributed by atoms with E-state index in [4.69, 9.17) is 14.2 Å². The molecule has 30 heavy (non-hydrogen) atoms. The van der Waals surface area contributed by atoms with Crippen molar-refractivity contribution in [3.63, 3.8) is 0 Å². The van der Waals surface area contributed by atoms with Crippen LogP contribution in [0.4, 0.5) is 9.59 Å². The quantitative estimate of drug-likeness (QED) is 0.534. The van der Waals surface area contributed by atoms with Gasteiger partial charge in [0.05, 0.1) is 18.7 Å². The van der Waals surface area contributed by atoms with Crippen molar-refractivity contribution in [2.45, 2.75) is 84.1 Å². The Morgan fingerprint density at radius 2 is 1.50 bits per heavy atom. The smallest absolute Gasteiger partial charge is 0.410 e. The van der Waals surface area contributed by atoms with E-state index in [1.54, 1.807) is 16.7 Å². The minimum absolute atomic E-state index is 0.167. The lowest BCUT2D eigenvalue weighted by atomic mass is 9.83. The van der Waals surface area contributed by atoms with Crippen LogP contribution in [0.15, 0.2) is 0 Å². The Hall–Kier alpha value is -2.03. The molecule has 0 aromatic carbocycles. The molecule has 9 heteroatoms. The van der Waals surface area contributed by atoms with E-state index in [2.05, 4.69) is 5.32 Å². The first-order chi connectivity index (χ1) is 13.8. The van der Waals surface area contributed by atoms with Crippen LogP contribution in [-0.2, 0) is 19.0 Å². The fourth-order valence-electron chi connectivity index (χ4n) is 3.71. The number of ether oxygens (including phenoxy) is 3. The SMILES string of the molecule is CCOC(=O)[C@H]1CN(C(=O)OC(C)(C)C)C2(CCN(C(=O)OC(C)(C)C)CC2)CN1. The summed E-state index contributed by atoms with van der Waals surface area (Å²) >= 11 is 0. The maximum atomic E-state index is 13.0. The Balaban J connectivity index is 2.15. The van der Waals surface area contributed by atoms with Gasteiger partial charge in [0.1, 0.15) is 17.2 Å². The normalized spacial score (nSPS) is 21.9. The molecule has 2 aliphatic heterocycles. The first kappa shape index (κ1) is 24.2. The maximum absolute atomic E-state index is 13.0. The highest BCUT2D eigenvalue weighted by Gasteiger charge is 2.49. The first-order valence-corrected chi connectivity index (χ1v) is 10.6. The van der Waals surface area contributed by atoms with E-state index in [9.17, 15) is 14.4 Å². The summed E-state index contributed by atoms with van der Waals surface area (Å²) in [6.45, 7) is 14.5. The Bertz CT molecular complexity index is 644. The molecule has 0 aromatic rings. The van der Waals surface area contributed by atoms with Crippen molar-refractivity contribution in [3.05, 3.63) is 0 Å². The molecule has 0 bridgehead atoms. The molecule has 2 saturated heterocycles. The van der Waals surface area contributed by atoms with E-state index in [0.717, 1.165) is 0 Å². The third kappa shape index (κ3) is 6.23. The van der Waals surface area contributed by atoms with Crippen molar-refractivity contribution < 1.29 is 28.6 Å². The molecule has 9 nitrogen and oxygen atoms in total. The number of carbonyl (C=O) groups is 3. The number of nitrogens with one attached hydrogen (secondary N) is 1. The predicted octanol–water partition coefficient (Wildman–Crippen LogP) is 2.53. The molecule has 0 radical (unpaired) electrons. The Morgan fingerprint density at radius 1 is 0.967 bits per heavy atom. The van der Waals surface area contributed by atoms with Gasteiger partial charge in [-0.1, -0.05) is 0 Å². The van der Waals surface area contributed by atoms with Gasteiger partial charge in [0.15, 0.2) is 0 Å². The number of piperidine rings is 1. The van der Waals surface area contributed by atoms with Gasteiger partial charge < -0.3 is 24.4 Å². The van der Waals surface area contributed by atoms with Crippen molar-refractivity contribution >= 4 is 18.2 Å². The van der Waals surface area contributed by atoms with Crippen LogP contribution in [0, 0.1) is 0 Å². The number of carbonyl (C=O) groups excluding carboxylic acids is 3. The second kappa shape index (κ2) is 8.99. The van der Waals surface area contributed by atoms with Gasteiger partial charge in [-0.15, -0.1) is 0 Å². The summed E-state index contributed by atoms with van der Waals surface area (Å²) in [6.07, 6.45) is 0.320. The second-order valence-corrected chi connectivity index (χ2v) is 9.97. The number of rotatable bonds is 2. The molecule has 1 N–H and O–H groups in total. The molecular formula is C21H37N3O6. The van der Waals surface area contributed by atoms with Gasteiger partial charge in [0, 0.05) is 19.6 Å². The highest BCUT2D eigenvalue weighted by molar-refractivity contribution is 5.78. The summed E-state index contributed by atoms with van der Waals surface area (Å²) < 4.78 is 16.2. The molecular weight excluding hydrogens is 390 g/mol. The van der Waals surface area contributed by atoms with Gasteiger partial charge in [-0.25, -0.2) is 9.59 Å². The lowest BCUT2D eigenvalue weighted by Crippen LogP contribution is -2.70. The zero-order chi connectivity index (χ0) is 22.7. The van der Waals surface area contributed by atoms with Crippen molar-refractivity contribution in [1.29, 1.82) is 0 Å². The van der Waals surface area contributed by atoms with Gasteiger partial charge in [-0.2, -0.15) is 0 Å². The number of esters is 1. The van der Waals surface area contributed by atoms with E-state index >= 15 is 0 Å².